The molecule has 1 amide bonds. The summed E-state index contributed by atoms with van der Waals surface area (Å²) in [5.74, 6) is 2.48. The summed E-state index contributed by atoms with van der Waals surface area (Å²) in [5, 5.41) is 0. The Morgan fingerprint density at radius 2 is 1.75 bits per heavy atom. The highest BCUT2D eigenvalue weighted by atomic mass is 16.7. The van der Waals surface area contributed by atoms with Crippen molar-refractivity contribution in [1.29, 1.82) is 0 Å². The zero-order valence-corrected chi connectivity index (χ0v) is 16.4. The maximum Gasteiger partial charge on any atom is 0.256 e. The third-order valence-corrected chi connectivity index (χ3v) is 4.97. The summed E-state index contributed by atoms with van der Waals surface area (Å²) in [6.07, 6.45) is -0.640. The number of nitrogens with zero attached hydrogens (tertiary/aromatic N) is 1. The molecule has 0 saturated carbocycles. The quantitative estimate of drug-likeness (QED) is 0.787. The van der Waals surface area contributed by atoms with Crippen LogP contribution in [0.2, 0.25) is 0 Å². The Morgan fingerprint density at radius 3 is 2.43 bits per heavy atom. The summed E-state index contributed by atoms with van der Waals surface area (Å²) in [6.45, 7) is 4.09. The van der Waals surface area contributed by atoms with Gasteiger partial charge >= 0.3 is 0 Å². The van der Waals surface area contributed by atoms with Crippen LogP contribution in [0.1, 0.15) is 31.2 Å². The average Bonchev–Trinajstić information content (AvgIpc) is 3.24. The number of hydrogen-bond acceptors (Lipinski definition) is 6. The van der Waals surface area contributed by atoms with Crippen LogP contribution in [0.5, 0.6) is 23.0 Å². The summed E-state index contributed by atoms with van der Waals surface area (Å²) < 4.78 is 28.1. The Labute approximate surface area is 163 Å². The molecule has 2 aliphatic rings. The van der Waals surface area contributed by atoms with E-state index < -0.39 is 11.8 Å². The minimum atomic E-state index is -0.965. The Morgan fingerprint density at radius 1 is 1.07 bits per heavy atom. The highest BCUT2D eigenvalue weighted by Gasteiger charge is 2.48. The van der Waals surface area contributed by atoms with Crippen LogP contribution in [0, 0.1) is 0 Å². The van der Waals surface area contributed by atoms with E-state index >= 15 is 0 Å². The molecule has 7 heteroatoms. The highest BCUT2D eigenvalue weighted by molar-refractivity contribution is 5.86. The molecule has 28 heavy (non-hydrogen) atoms. The summed E-state index contributed by atoms with van der Waals surface area (Å²) in [7, 11) is 3.17. The molecule has 0 aromatic heterocycles. The third kappa shape index (κ3) is 3.01. The van der Waals surface area contributed by atoms with E-state index in [1.54, 1.807) is 33.0 Å². The van der Waals surface area contributed by atoms with Gasteiger partial charge in [0, 0.05) is 6.54 Å². The molecule has 0 aliphatic carbocycles. The molecule has 4 rings (SSSR count). The van der Waals surface area contributed by atoms with E-state index in [1.807, 2.05) is 36.4 Å². The van der Waals surface area contributed by atoms with E-state index in [2.05, 4.69) is 0 Å². The van der Waals surface area contributed by atoms with Gasteiger partial charge in [0.15, 0.2) is 17.7 Å². The molecule has 1 fully saturated rings. The van der Waals surface area contributed by atoms with Crippen molar-refractivity contribution in [2.45, 2.75) is 32.2 Å². The molecule has 148 valence electrons. The minimum absolute atomic E-state index is 0.108. The lowest BCUT2D eigenvalue weighted by Crippen LogP contribution is -2.35. The molecule has 1 unspecified atom stereocenters. The number of fused-ring (bicyclic) bond motifs is 1. The minimum Gasteiger partial charge on any atom is -0.496 e. The van der Waals surface area contributed by atoms with Crippen LogP contribution in [-0.4, -0.2) is 37.4 Å². The summed E-state index contributed by atoms with van der Waals surface area (Å²) in [6, 6.07) is 11.2. The molecule has 0 spiro atoms. The van der Waals surface area contributed by atoms with E-state index in [1.165, 1.54) is 0 Å². The van der Waals surface area contributed by atoms with Crippen molar-refractivity contribution in [3.05, 3.63) is 47.5 Å². The highest BCUT2D eigenvalue weighted by Crippen LogP contribution is 2.45. The number of methoxy groups -OCH3 is 2. The fourth-order valence-corrected chi connectivity index (χ4v) is 3.57. The zero-order chi connectivity index (χ0) is 19.9. The second-order valence-electron chi connectivity index (χ2n) is 7.18. The standard InChI is InChI=1S/C21H23NO6/c1-21(2)20(23)22(11-13-8-9-14-17(10-13)27-12-26-14)19(28-21)18-15(24-3)6-5-7-16(18)25-4/h5-10,19H,11-12H2,1-4H3. The van der Waals surface area contributed by atoms with Crippen molar-refractivity contribution in [2.75, 3.05) is 21.0 Å². The van der Waals surface area contributed by atoms with Gasteiger partial charge < -0.3 is 28.6 Å². The van der Waals surface area contributed by atoms with Crippen LogP contribution >= 0.6 is 0 Å². The van der Waals surface area contributed by atoms with E-state index in [0.29, 0.717) is 35.1 Å². The Hall–Kier alpha value is -2.93. The monoisotopic (exact) mass is 385 g/mol. The first-order valence-corrected chi connectivity index (χ1v) is 9.03. The second-order valence-corrected chi connectivity index (χ2v) is 7.18. The number of ether oxygens (including phenoxy) is 5. The van der Waals surface area contributed by atoms with Crippen molar-refractivity contribution >= 4 is 5.91 Å². The van der Waals surface area contributed by atoms with Crippen LogP contribution in [0.15, 0.2) is 36.4 Å². The largest absolute Gasteiger partial charge is 0.496 e. The zero-order valence-electron chi connectivity index (χ0n) is 16.4. The number of carbonyl (C=O) groups excluding carboxylic acids is 1. The Kier molecular flexibility index (Phi) is 4.55. The molecule has 0 N–H and O–H groups in total. The lowest BCUT2D eigenvalue weighted by atomic mass is 10.1. The van der Waals surface area contributed by atoms with Gasteiger partial charge in [0.2, 0.25) is 6.79 Å². The number of benzene rings is 2. The summed E-state index contributed by atoms with van der Waals surface area (Å²) in [5.41, 5.74) is 0.636. The number of rotatable bonds is 5. The fourth-order valence-electron chi connectivity index (χ4n) is 3.57. The normalized spacial score (nSPS) is 19.8. The molecule has 1 atom stereocenters. The molecule has 0 radical (unpaired) electrons. The van der Waals surface area contributed by atoms with Crippen molar-refractivity contribution in [1.82, 2.24) is 4.90 Å². The fraction of sp³-hybridized carbons (Fsp3) is 0.381. The summed E-state index contributed by atoms with van der Waals surface area (Å²) in [4.78, 5) is 14.8. The second kappa shape index (κ2) is 6.91. The van der Waals surface area contributed by atoms with Gasteiger partial charge in [-0.1, -0.05) is 12.1 Å². The van der Waals surface area contributed by atoms with Crippen LogP contribution in [0.3, 0.4) is 0 Å². The van der Waals surface area contributed by atoms with Gasteiger partial charge in [0.1, 0.15) is 17.1 Å². The average molecular weight is 385 g/mol. The lowest BCUT2D eigenvalue weighted by molar-refractivity contribution is -0.134. The first-order chi connectivity index (χ1) is 13.4. The van der Waals surface area contributed by atoms with Gasteiger partial charge in [-0.15, -0.1) is 0 Å². The van der Waals surface area contributed by atoms with Gasteiger partial charge in [-0.2, -0.15) is 0 Å². The molecule has 2 aliphatic heterocycles. The van der Waals surface area contributed by atoms with Gasteiger partial charge in [0.05, 0.1) is 19.8 Å². The molecule has 0 bridgehead atoms. The Balaban J connectivity index is 1.73. The molecular formula is C21H23NO6. The number of amides is 1. The predicted octanol–water partition coefficient (Wildman–Crippen LogP) is 3.27. The number of hydrogen-bond donors (Lipinski definition) is 0. The van der Waals surface area contributed by atoms with Gasteiger partial charge in [0.25, 0.3) is 5.91 Å². The molecule has 7 nitrogen and oxygen atoms in total. The number of carbonyl (C=O) groups is 1. The summed E-state index contributed by atoms with van der Waals surface area (Å²) >= 11 is 0. The lowest BCUT2D eigenvalue weighted by Gasteiger charge is -2.26. The van der Waals surface area contributed by atoms with Crippen molar-refractivity contribution in [3.8, 4) is 23.0 Å². The van der Waals surface area contributed by atoms with E-state index in [9.17, 15) is 4.79 Å². The van der Waals surface area contributed by atoms with Crippen LogP contribution in [0.4, 0.5) is 0 Å². The predicted molar refractivity (Wildman–Crippen MR) is 101 cm³/mol. The van der Waals surface area contributed by atoms with Gasteiger partial charge in [-0.3, -0.25) is 4.79 Å². The van der Waals surface area contributed by atoms with Gasteiger partial charge in [-0.25, -0.2) is 0 Å². The topological polar surface area (TPSA) is 66.5 Å². The van der Waals surface area contributed by atoms with Crippen molar-refractivity contribution in [2.24, 2.45) is 0 Å². The first-order valence-electron chi connectivity index (χ1n) is 9.03. The van der Waals surface area contributed by atoms with Crippen molar-refractivity contribution < 1.29 is 28.5 Å². The van der Waals surface area contributed by atoms with E-state index in [0.717, 1.165) is 5.56 Å². The van der Waals surface area contributed by atoms with E-state index in [4.69, 9.17) is 23.7 Å². The molecule has 2 aromatic rings. The van der Waals surface area contributed by atoms with Crippen molar-refractivity contribution in [3.63, 3.8) is 0 Å². The van der Waals surface area contributed by atoms with Crippen LogP contribution < -0.4 is 18.9 Å². The SMILES string of the molecule is COc1cccc(OC)c1C1OC(C)(C)C(=O)N1Cc1ccc2c(c1)OCO2. The van der Waals surface area contributed by atoms with Crippen LogP contribution in [0.25, 0.3) is 0 Å². The maximum absolute atomic E-state index is 13.1. The Bertz CT molecular complexity index is 888. The third-order valence-electron chi connectivity index (χ3n) is 4.97. The molecular weight excluding hydrogens is 362 g/mol. The molecule has 2 heterocycles. The van der Waals surface area contributed by atoms with Gasteiger partial charge in [-0.05, 0) is 43.7 Å². The first kappa shape index (κ1) is 18.4. The van der Waals surface area contributed by atoms with E-state index in [-0.39, 0.29) is 12.7 Å². The van der Waals surface area contributed by atoms with Crippen LogP contribution in [-0.2, 0) is 16.1 Å². The molecule has 1 saturated heterocycles. The smallest absolute Gasteiger partial charge is 0.256 e. The maximum atomic E-state index is 13.1. The molecule has 2 aromatic carbocycles.